The first-order valence-corrected chi connectivity index (χ1v) is 9.10. The number of hydrogen-bond donors (Lipinski definition) is 2. The van der Waals surface area contributed by atoms with Gasteiger partial charge in [-0.05, 0) is 39.0 Å². The van der Waals surface area contributed by atoms with Gasteiger partial charge in [0.05, 0.1) is 29.1 Å². The van der Waals surface area contributed by atoms with E-state index in [1.165, 1.54) is 12.6 Å². The molecule has 3 heterocycles. The maximum Gasteiger partial charge on any atom is 0.255 e. The van der Waals surface area contributed by atoms with Crippen LogP contribution in [0.2, 0.25) is 0 Å². The fourth-order valence-corrected chi connectivity index (χ4v) is 3.67. The van der Waals surface area contributed by atoms with Gasteiger partial charge in [0, 0.05) is 25.0 Å². The van der Waals surface area contributed by atoms with Crippen molar-refractivity contribution in [3.05, 3.63) is 30.4 Å². The molecule has 26 heavy (non-hydrogen) atoms. The second kappa shape index (κ2) is 6.68. The minimum atomic E-state index is -0.362. The van der Waals surface area contributed by atoms with E-state index in [0.717, 1.165) is 25.7 Å². The Balaban J connectivity index is 1.28. The molecule has 0 radical (unpaired) electrons. The van der Waals surface area contributed by atoms with Crippen LogP contribution in [-0.4, -0.2) is 50.7 Å². The molecule has 2 N–H and O–H groups in total. The van der Waals surface area contributed by atoms with E-state index in [-0.39, 0.29) is 29.6 Å². The van der Waals surface area contributed by atoms with Gasteiger partial charge in [0.1, 0.15) is 6.10 Å². The van der Waals surface area contributed by atoms with Crippen molar-refractivity contribution >= 4 is 17.3 Å². The van der Waals surface area contributed by atoms with Gasteiger partial charge in [0.25, 0.3) is 5.91 Å². The molecule has 138 valence electrons. The molecule has 2 aromatic rings. The van der Waals surface area contributed by atoms with E-state index in [1.807, 2.05) is 6.92 Å². The number of carbonyl (C=O) groups is 2. The molecule has 0 aromatic carbocycles. The first-order valence-electron chi connectivity index (χ1n) is 9.10. The van der Waals surface area contributed by atoms with Crippen molar-refractivity contribution < 1.29 is 14.3 Å². The standard InChI is InChI=1S/C18H23N5O3/c1-12(22-17(25)15-3-6-18(26-15)4-2-5-18)9-20-16(24)13-10-21-23-8-7-19-11-14(13)23/h7-8,10-12,15H,2-6,9H2,1H3,(H,20,24)(H,22,25). The SMILES string of the molecule is CC(CNC(=O)c1cnn2ccncc12)NC(=O)C1CCC2(CCC2)O1. The third-order valence-corrected chi connectivity index (χ3v) is 5.34. The number of rotatable bonds is 5. The molecule has 1 aliphatic carbocycles. The minimum absolute atomic E-state index is 0.0308. The molecular formula is C18H23N5O3. The predicted octanol–water partition coefficient (Wildman–Crippen LogP) is 1.07. The molecule has 2 aliphatic rings. The first kappa shape index (κ1) is 17.0. The number of carbonyl (C=O) groups excluding carboxylic acids is 2. The third-order valence-electron chi connectivity index (χ3n) is 5.34. The quantitative estimate of drug-likeness (QED) is 0.834. The maximum absolute atomic E-state index is 12.4. The lowest BCUT2D eigenvalue weighted by Crippen LogP contribution is -2.47. The van der Waals surface area contributed by atoms with Gasteiger partial charge >= 0.3 is 0 Å². The summed E-state index contributed by atoms with van der Waals surface area (Å²) < 4.78 is 7.56. The number of hydrogen-bond acceptors (Lipinski definition) is 5. The average molecular weight is 357 g/mol. The lowest BCUT2D eigenvalue weighted by Gasteiger charge is -2.37. The molecule has 2 aromatic heterocycles. The molecule has 1 saturated carbocycles. The summed E-state index contributed by atoms with van der Waals surface area (Å²) in [4.78, 5) is 28.7. The van der Waals surface area contributed by atoms with Crippen molar-refractivity contribution in [1.29, 1.82) is 0 Å². The van der Waals surface area contributed by atoms with E-state index in [4.69, 9.17) is 4.74 Å². The fraction of sp³-hybridized carbons (Fsp3) is 0.556. The highest BCUT2D eigenvalue weighted by Gasteiger charge is 2.46. The molecule has 2 amide bonds. The van der Waals surface area contributed by atoms with E-state index >= 15 is 0 Å². The highest BCUT2D eigenvalue weighted by Crippen LogP contribution is 2.45. The molecule has 4 rings (SSSR count). The molecule has 2 unspecified atom stereocenters. The van der Waals surface area contributed by atoms with E-state index in [1.54, 1.807) is 23.1 Å². The van der Waals surface area contributed by atoms with E-state index in [0.29, 0.717) is 17.6 Å². The summed E-state index contributed by atoms with van der Waals surface area (Å²) in [6.07, 6.45) is 11.1. The van der Waals surface area contributed by atoms with Crippen molar-refractivity contribution in [2.45, 2.75) is 56.8 Å². The van der Waals surface area contributed by atoms with Crippen molar-refractivity contribution in [2.24, 2.45) is 0 Å². The zero-order chi connectivity index (χ0) is 18.1. The highest BCUT2D eigenvalue weighted by molar-refractivity contribution is 6.00. The molecular weight excluding hydrogens is 334 g/mol. The average Bonchev–Trinajstić information content (AvgIpc) is 3.24. The summed E-state index contributed by atoms with van der Waals surface area (Å²) >= 11 is 0. The highest BCUT2D eigenvalue weighted by atomic mass is 16.5. The first-order chi connectivity index (χ1) is 12.6. The number of nitrogens with one attached hydrogen (secondary N) is 2. The van der Waals surface area contributed by atoms with Crippen LogP contribution in [0.25, 0.3) is 5.52 Å². The van der Waals surface area contributed by atoms with Crippen molar-refractivity contribution in [3.63, 3.8) is 0 Å². The topological polar surface area (TPSA) is 97.6 Å². The lowest BCUT2D eigenvalue weighted by atomic mass is 9.78. The summed E-state index contributed by atoms with van der Waals surface area (Å²) in [5, 5.41) is 9.89. The number of aromatic nitrogens is 3. The summed E-state index contributed by atoms with van der Waals surface area (Å²) in [7, 11) is 0. The summed E-state index contributed by atoms with van der Waals surface area (Å²) in [6, 6.07) is -0.187. The smallest absolute Gasteiger partial charge is 0.255 e. The Bertz CT molecular complexity index is 829. The van der Waals surface area contributed by atoms with E-state index in [2.05, 4.69) is 20.7 Å². The third kappa shape index (κ3) is 3.16. The Hall–Kier alpha value is -2.48. The minimum Gasteiger partial charge on any atom is -0.362 e. The number of amides is 2. The zero-order valence-electron chi connectivity index (χ0n) is 14.8. The van der Waals surface area contributed by atoms with Gasteiger partial charge < -0.3 is 15.4 Å². The fourth-order valence-electron chi connectivity index (χ4n) is 3.67. The second-order valence-electron chi connectivity index (χ2n) is 7.27. The van der Waals surface area contributed by atoms with E-state index < -0.39 is 0 Å². The van der Waals surface area contributed by atoms with Gasteiger partial charge in [-0.3, -0.25) is 14.6 Å². The zero-order valence-corrected chi connectivity index (χ0v) is 14.8. The predicted molar refractivity (Wildman–Crippen MR) is 93.6 cm³/mol. The number of fused-ring (bicyclic) bond motifs is 1. The van der Waals surface area contributed by atoms with Crippen LogP contribution in [0.4, 0.5) is 0 Å². The molecule has 8 nitrogen and oxygen atoms in total. The van der Waals surface area contributed by atoms with E-state index in [9.17, 15) is 9.59 Å². The van der Waals surface area contributed by atoms with Gasteiger partial charge in [-0.15, -0.1) is 0 Å². The molecule has 2 atom stereocenters. The van der Waals surface area contributed by atoms with Crippen LogP contribution in [0.15, 0.2) is 24.8 Å². The monoisotopic (exact) mass is 357 g/mol. The molecule has 1 spiro atoms. The van der Waals surface area contributed by atoms with Crippen molar-refractivity contribution in [3.8, 4) is 0 Å². The summed E-state index contributed by atoms with van der Waals surface area (Å²) in [5.74, 6) is -0.324. The lowest BCUT2D eigenvalue weighted by molar-refractivity contribution is -0.144. The molecule has 8 heteroatoms. The van der Waals surface area contributed by atoms with Crippen LogP contribution < -0.4 is 10.6 Å². The second-order valence-corrected chi connectivity index (χ2v) is 7.27. The Morgan fingerprint density at radius 1 is 1.38 bits per heavy atom. The number of nitrogens with zero attached hydrogens (tertiary/aromatic N) is 3. The number of ether oxygens (including phenoxy) is 1. The van der Waals surface area contributed by atoms with Crippen LogP contribution in [0.3, 0.4) is 0 Å². The molecule has 0 bridgehead atoms. The van der Waals surface area contributed by atoms with Crippen LogP contribution in [0, 0.1) is 0 Å². The largest absolute Gasteiger partial charge is 0.362 e. The van der Waals surface area contributed by atoms with Gasteiger partial charge in [0.15, 0.2) is 0 Å². The normalized spacial score (nSPS) is 22.1. The molecule has 1 saturated heterocycles. The van der Waals surface area contributed by atoms with Crippen LogP contribution in [-0.2, 0) is 9.53 Å². The summed E-state index contributed by atoms with van der Waals surface area (Å²) in [6.45, 7) is 2.20. The van der Waals surface area contributed by atoms with Gasteiger partial charge in [-0.2, -0.15) is 5.10 Å². The Kier molecular flexibility index (Phi) is 4.36. The molecule has 1 aliphatic heterocycles. The van der Waals surface area contributed by atoms with Crippen molar-refractivity contribution in [1.82, 2.24) is 25.2 Å². The van der Waals surface area contributed by atoms with Crippen LogP contribution >= 0.6 is 0 Å². The molecule has 2 fully saturated rings. The Morgan fingerprint density at radius 3 is 2.96 bits per heavy atom. The Labute approximate surface area is 151 Å². The van der Waals surface area contributed by atoms with Crippen LogP contribution in [0.5, 0.6) is 0 Å². The maximum atomic E-state index is 12.4. The van der Waals surface area contributed by atoms with Crippen molar-refractivity contribution in [2.75, 3.05) is 6.54 Å². The Morgan fingerprint density at radius 2 is 2.23 bits per heavy atom. The summed E-state index contributed by atoms with van der Waals surface area (Å²) in [5.41, 5.74) is 1.08. The van der Waals surface area contributed by atoms with Crippen LogP contribution in [0.1, 0.15) is 49.4 Å². The van der Waals surface area contributed by atoms with Gasteiger partial charge in [0.2, 0.25) is 5.91 Å². The van der Waals surface area contributed by atoms with Gasteiger partial charge in [-0.1, -0.05) is 0 Å². The van der Waals surface area contributed by atoms with Gasteiger partial charge in [-0.25, -0.2) is 4.52 Å².